The molecule has 68 valence electrons. The Morgan fingerprint density at radius 3 is 2.75 bits per heavy atom. The fourth-order valence-corrected chi connectivity index (χ4v) is 0.886. The Morgan fingerprint density at radius 1 is 1.58 bits per heavy atom. The molecule has 0 saturated heterocycles. The maximum atomic E-state index is 10.6. The Bertz CT molecular complexity index is 172. The second-order valence-electron chi connectivity index (χ2n) is 2.85. The molecule has 0 spiro atoms. The van der Waals surface area contributed by atoms with Gasteiger partial charge in [-0.1, -0.05) is 6.42 Å². The third kappa shape index (κ3) is 5.72. The highest BCUT2D eigenvalue weighted by Gasteiger charge is 2.02. The molecule has 12 heavy (non-hydrogen) atoms. The van der Waals surface area contributed by atoms with Gasteiger partial charge in [0.15, 0.2) is 0 Å². The van der Waals surface area contributed by atoms with Crippen LogP contribution < -0.4 is 0 Å². The zero-order chi connectivity index (χ0) is 9.40. The van der Waals surface area contributed by atoms with Crippen molar-refractivity contribution < 1.29 is 9.53 Å². The number of nitriles is 1. The van der Waals surface area contributed by atoms with Crippen LogP contribution in [-0.4, -0.2) is 13.1 Å². The summed E-state index contributed by atoms with van der Waals surface area (Å²) in [5.41, 5.74) is 0. The predicted octanol–water partition coefficient (Wildman–Crippen LogP) is 1.88. The van der Waals surface area contributed by atoms with Crippen molar-refractivity contribution in [2.75, 3.05) is 7.11 Å². The predicted molar refractivity (Wildman–Crippen MR) is 45.3 cm³/mol. The summed E-state index contributed by atoms with van der Waals surface area (Å²) >= 11 is 0. The van der Waals surface area contributed by atoms with E-state index in [1.54, 1.807) is 0 Å². The van der Waals surface area contributed by atoms with Crippen LogP contribution in [-0.2, 0) is 9.53 Å². The maximum absolute atomic E-state index is 10.6. The molecule has 0 rings (SSSR count). The lowest BCUT2D eigenvalue weighted by Gasteiger charge is -2.00. The van der Waals surface area contributed by atoms with E-state index < -0.39 is 0 Å². The summed E-state index contributed by atoms with van der Waals surface area (Å²) in [5, 5.41) is 8.45. The molecule has 3 nitrogen and oxygen atoms in total. The molecular formula is C9H15NO2. The monoisotopic (exact) mass is 169 g/mol. The van der Waals surface area contributed by atoms with Gasteiger partial charge in [-0.25, -0.2) is 0 Å². The number of methoxy groups -OCH3 is 1. The molecule has 0 aliphatic rings. The molecule has 0 aromatic carbocycles. The molecule has 0 N–H and O–H groups in total. The molecule has 1 atom stereocenters. The summed E-state index contributed by atoms with van der Waals surface area (Å²) < 4.78 is 4.48. The van der Waals surface area contributed by atoms with E-state index in [1.807, 2.05) is 6.92 Å². The van der Waals surface area contributed by atoms with Crippen LogP contribution in [0, 0.1) is 17.2 Å². The van der Waals surface area contributed by atoms with Crippen molar-refractivity contribution >= 4 is 5.97 Å². The molecule has 0 aromatic rings. The van der Waals surface area contributed by atoms with Gasteiger partial charge in [-0.05, 0) is 19.8 Å². The van der Waals surface area contributed by atoms with Gasteiger partial charge in [-0.15, -0.1) is 0 Å². The molecular weight excluding hydrogens is 154 g/mol. The number of carbonyl (C=O) groups is 1. The van der Waals surface area contributed by atoms with Crippen LogP contribution in [0.15, 0.2) is 0 Å². The summed E-state index contributed by atoms with van der Waals surface area (Å²) in [5.74, 6) is -0.0674. The summed E-state index contributed by atoms with van der Waals surface area (Å²) in [6.45, 7) is 1.89. The molecule has 0 saturated carbocycles. The Labute approximate surface area is 73.3 Å². The first-order chi connectivity index (χ1) is 5.70. The van der Waals surface area contributed by atoms with E-state index in [4.69, 9.17) is 5.26 Å². The number of ether oxygens (including phenoxy) is 1. The van der Waals surface area contributed by atoms with Crippen molar-refractivity contribution in [1.82, 2.24) is 0 Å². The number of unbranched alkanes of at least 4 members (excludes halogenated alkanes) is 1. The first-order valence-electron chi connectivity index (χ1n) is 4.17. The van der Waals surface area contributed by atoms with E-state index in [1.165, 1.54) is 7.11 Å². The fraction of sp³-hybridized carbons (Fsp3) is 0.778. The van der Waals surface area contributed by atoms with E-state index in [2.05, 4.69) is 10.8 Å². The lowest BCUT2D eigenvalue weighted by Crippen LogP contribution is -2.00. The minimum absolute atomic E-state index is 0.0997. The SMILES string of the molecule is COC(=O)CCCCC(C)C#N. The third-order valence-electron chi connectivity index (χ3n) is 1.72. The Balaban J connectivity index is 3.23. The topological polar surface area (TPSA) is 50.1 Å². The zero-order valence-corrected chi connectivity index (χ0v) is 7.67. The number of nitrogens with zero attached hydrogens (tertiary/aromatic N) is 1. The highest BCUT2D eigenvalue weighted by atomic mass is 16.5. The quantitative estimate of drug-likeness (QED) is 0.466. The molecule has 0 radical (unpaired) electrons. The van der Waals surface area contributed by atoms with Crippen LogP contribution in [0.5, 0.6) is 0 Å². The van der Waals surface area contributed by atoms with Gasteiger partial charge in [-0.2, -0.15) is 5.26 Å². The van der Waals surface area contributed by atoms with E-state index in [0.717, 1.165) is 19.3 Å². The van der Waals surface area contributed by atoms with Crippen molar-refractivity contribution in [3.8, 4) is 6.07 Å². The Kier molecular flexibility index (Phi) is 6.08. The van der Waals surface area contributed by atoms with Crippen LogP contribution in [0.1, 0.15) is 32.6 Å². The fourth-order valence-electron chi connectivity index (χ4n) is 0.886. The van der Waals surface area contributed by atoms with Crippen molar-refractivity contribution in [3.63, 3.8) is 0 Å². The molecule has 0 fully saturated rings. The average molecular weight is 169 g/mol. The van der Waals surface area contributed by atoms with Crippen LogP contribution in [0.4, 0.5) is 0 Å². The number of rotatable bonds is 5. The highest BCUT2D eigenvalue weighted by molar-refractivity contribution is 5.68. The van der Waals surface area contributed by atoms with E-state index in [9.17, 15) is 4.79 Å². The van der Waals surface area contributed by atoms with Crippen molar-refractivity contribution in [2.24, 2.45) is 5.92 Å². The van der Waals surface area contributed by atoms with E-state index in [0.29, 0.717) is 6.42 Å². The van der Waals surface area contributed by atoms with Crippen molar-refractivity contribution in [3.05, 3.63) is 0 Å². The molecule has 0 aromatic heterocycles. The van der Waals surface area contributed by atoms with Crippen LogP contribution in [0.3, 0.4) is 0 Å². The van der Waals surface area contributed by atoms with Gasteiger partial charge < -0.3 is 4.74 Å². The summed E-state index contributed by atoms with van der Waals surface area (Å²) in [6.07, 6.45) is 3.07. The normalized spacial score (nSPS) is 11.8. The molecule has 0 bridgehead atoms. The van der Waals surface area contributed by atoms with Gasteiger partial charge in [0.05, 0.1) is 13.2 Å². The largest absolute Gasteiger partial charge is 0.469 e. The van der Waals surface area contributed by atoms with Crippen molar-refractivity contribution in [1.29, 1.82) is 5.26 Å². The van der Waals surface area contributed by atoms with Gasteiger partial charge in [0.2, 0.25) is 0 Å². The summed E-state index contributed by atoms with van der Waals surface area (Å²) in [7, 11) is 1.39. The third-order valence-corrected chi connectivity index (χ3v) is 1.72. The number of hydrogen-bond acceptors (Lipinski definition) is 3. The zero-order valence-electron chi connectivity index (χ0n) is 7.67. The highest BCUT2D eigenvalue weighted by Crippen LogP contribution is 2.08. The Hall–Kier alpha value is -1.04. The van der Waals surface area contributed by atoms with Crippen LogP contribution in [0.25, 0.3) is 0 Å². The number of hydrogen-bond donors (Lipinski definition) is 0. The summed E-state index contributed by atoms with van der Waals surface area (Å²) in [4.78, 5) is 10.6. The van der Waals surface area contributed by atoms with E-state index in [-0.39, 0.29) is 11.9 Å². The molecule has 1 unspecified atom stereocenters. The van der Waals surface area contributed by atoms with Gasteiger partial charge >= 0.3 is 5.97 Å². The molecule has 0 amide bonds. The average Bonchev–Trinajstić information content (AvgIpc) is 2.11. The minimum Gasteiger partial charge on any atom is -0.469 e. The summed E-state index contributed by atoms with van der Waals surface area (Å²) in [6, 6.07) is 2.15. The lowest BCUT2D eigenvalue weighted by atomic mass is 10.1. The Morgan fingerprint density at radius 2 is 2.25 bits per heavy atom. The lowest BCUT2D eigenvalue weighted by molar-refractivity contribution is -0.140. The second kappa shape index (κ2) is 6.66. The van der Waals surface area contributed by atoms with Gasteiger partial charge in [0.1, 0.15) is 0 Å². The number of esters is 1. The molecule has 0 aliphatic carbocycles. The second-order valence-corrected chi connectivity index (χ2v) is 2.85. The van der Waals surface area contributed by atoms with Crippen LogP contribution >= 0.6 is 0 Å². The van der Waals surface area contributed by atoms with Gasteiger partial charge in [-0.3, -0.25) is 4.79 Å². The smallest absolute Gasteiger partial charge is 0.305 e. The number of carbonyl (C=O) groups excluding carboxylic acids is 1. The van der Waals surface area contributed by atoms with Gasteiger partial charge in [0, 0.05) is 12.3 Å². The molecule has 3 heteroatoms. The first-order valence-corrected chi connectivity index (χ1v) is 4.17. The maximum Gasteiger partial charge on any atom is 0.305 e. The van der Waals surface area contributed by atoms with E-state index >= 15 is 0 Å². The minimum atomic E-state index is -0.167. The molecule has 0 heterocycles. The van der Waals surface area contributed by atoms with Gasteiger partial charge in [0.25, 0.3) is 0 Å². The standard InChI is InChI=1S/C9H15NO2/c1-8(7-10)5-3-4-6-9(11)12-2/h8H,3-6H2,1-2H3. The van der Waals surface area contributed by atoms with Crippen LogP contribution in [0.2, 0.25) is 0 Å². The first kappa shape index (κ1) is 11.0. The molecule has 0 aliphatic heterocycles. The van der Waals surface area contributed by atoms with Crippen molar-refractivity contribution in [2.45, 2.75) is 32.6 Å².